The number of carbonyl (C=O) groups excluding carboxylic acids is 1. The van der Waals surface area contributed by atoms with Gasteiger partial charge in [0.05, 0.1) is 18.2 Å². The quantitative estimate of drug-likeness (QED) is 0.197. The number of para-hydroxylation sites is 1. The van der Waals surface area contributed by atoms with Crippen LogP contribution in [0.25, 0.3) is 10.9 Å². The van der Waals surface area contributed by atoms with Gasteiger partial charge in [0.15, 0.2) is 12.5 Å². The Kier molecular flexibility index (Phi) is 9.02. The van der Waals surface area contributed by atoms with Crippen LogP contribution in [0, 0.1) is 5.92 Å². The Morgan fingerprint density at radius 3 is 2.29 bits per heavy atom. The van der Waals surface area contributed by atoms with Gasteiger partial charge in [-0.3, -0.25) is 4.79 Å². The summed E-state index contributed by atoms with van der Waals surface area (Å²) in [5, 5.41) is 72.5. The number of Topliss-reactive ketones (excluding diaryl/α,β-unsaturated/α-hetero) is 1. The van der Waals surface area contributed by atoms with Crippen LogP contribution in [0.5, 0.6) is 0 Å². The second-order valence-electron chi connectivity index (χ2n) is 9.43. The van der Waals surface area contributed by atoms with Gasteiger partial charge in [0.1, 0.15) is 42.4 Å². The Bertz CT molecular complexity index is 994. The van der Waals surface area contributed by atoms with E-state index in [4.69, 9.17) is 9.47 Å². The number of benzene rings is 1. The van der Waals surface area contributed by atoms with E-state index in [9.17, 15) is 40.5 Å². The molecule has 2 aromatic rings. The summed E-state index contributed by atoms with van der Waals surface area (Å²) >= 11 is 0. The maximum atomic E-state index is 11.7. The lowest BCUT2D eigenvalue weighted by atomic mass is 9.97. The predicted molar refractivity (Wildman–Crippen MR) is 123 cm³/mol. The number of hydrogen-bond acceptors (Lipinski definition) is 10. The molecule has 1 aliphatic rings. The Morgan fingerprint density at radius 1 is 1.00 bits per heavy atom. The molecule has 7 unspecified atom stereocenters. The molecule has 0 amide bonds. The van der Waals surface area contributed by atoms with Gasteiger partial charge < -0.3 is 49.8 Å². The zero-order chi connectivity index (χ0) is 26.0. The molecule has 0 aliphatic carbocycles. The van der Waals surface area contributed by atoms with Crippen molar-refractivity contribution in [2.24, 2.45) is 5.92 Å². The SMILES string of the molecule is CC(=O)Cc1cn(C2OC(COC(O)C(O)[C@@H](O)C(O)C(C)C)C(O)[C@H](O)C2O)c2ccccc12. The van der Waals surface area contributed by atoms with E-state index in [2.05, 4.69) is 0 Å². The minimum atomic E-state index is -1.92. The van der Waals surface area contributed by atoms with Gasteiger partial charge in [0.2, 0.25) is 0 Å². The van der Waals surface area contributed by atoms with Crippen LogP contribution in [0.4, 0.5) is 0 Å². The lowest BCUT2D eigenvalue weighted by Crippen LogP contribution is -2.57. The summed E-state index contributed by atoms with van der Waals surface area (Å²) in [6.45, 7) is 4.20. The molecule has 9 atom stereocenters. The van der Waals surface area contributed by atoms with E-state index in [1.807, 2.05) is 6.07 Å². The number of ether oxygens (including phenoxy) is 2. The van der Waals surface area contributed by atoms with E-state index < -0.39 is 67.8 Å². The van der Waals surface area contributed by atoms with Gasteiger partial charge in [-0.2, -0.15) is 0 Å². The maximum Gasteiger partial charge on any atom is 0.183 e. The number of carbonyl (C=O) groups is 1. The van der Waals surface area contributed by atoms with Crippen molar-refractivity contribution in [2.75, 3.05) is 6.61 Å². The van der Waals surface area contributed by atoms with Crippen molar-refractivity contribution in [3.63, 3.8) is 0 Å². The summed E-state index contributed by atoms with van der Waals surface area (Å²) in [4.78, 5) is 11.7. The molecule has 7 N–H and O–H groups in total. The molecule has 1 aliphatic heterocycles. The van der Waals surface area contributed by atoms with E-state index in [1.165, 1.54) is 6.92 Å². The van der Waals surface area contributed by atoms with Crippen molar-refractivity contribution < 1.29 is 50.0 Å². The van der Waals surface area contributed by atoms with Gasteiger partial charge in [-0.05, 0) is 24.5 Å². The largest absolute Gasteiger partial charge is 0.390 e. The molecule has 35 heavy (non-hydrogen) atoms. The Hall–Kier alpha value is -1.93. The smallest absolute Gasteiger partial charge is 0.183 e. The third-order valence-corrected chi connectivity index (χ3v) is 6.33. The second kappa shape index (κ2) is 11.4. The summed E-state index contributed by atoms with van der Waals surface area (Å²) in [5.74, 6) is -0.450. The first-order valence-electron chi connectivity index (χ1n) is 11.6. The minimum absolute atomic E-state index is 0.0583. The molecule has 0 spiro atoms. The van der Waals surface area contributed by atoms with Crippen LogP contribution >= 0.6 is 0 Å². The first-order valence-corrected chi connectivity index (χ1v) is 11.6. The van der Waals surface area contributed by atoms with E-state index in [-0.39, 0.29) is 12.2 Å². The molecular weight excluding hydrogens is 462 g/mol. The van der Waals surface area contributed by atoms with Gasteiger partial charge in [0, 0.05) is 18.0 Å². The van der Waals surface area contributed by atoms with Crippen molar-refractivity contribution >= 4 is 16.7 Å². The number of aromatic nitrogens is 1. The number of aliphatic hydroxyl groups is 7. The van der Waals surface area contributed by atoms with Crippen molar-refractivity contribution in [3.05, 3.63) is 36.0 Å². The number of hydrogen-bond donors (Lipinski definition) is 7. The van der Waals surface area contributed by atoms with Crippen LogP contribution in [0.1, 0.15) is 32.6 Å². The zero-order valence-corrected chi connectivity index (χ0v) is 19.9. The third-order valence-electron chi connectivity index (χ3n) is 6.33. The van der Waals surface area contributed by atoms with Crippen LogP contribution in [0.15, 0.2) is 30.5 Å². The van der Waals surface area contributed by atoms with Crippen LogP contribution < -0.4 is 0 Å². The Labute approximate surface area is 202 Å². The lowest BCUT2D eigenvalue weighted by Gasteiger charge is -2.41. The first-order chi connectivity index (χ1) is 16.4. The highest BCUT2D eigenvalue weighted by Crippen LogP contribution is 2.33. The van der Waals surface area contributed by atoms with Gasteiger partial charge in [-0.15, -0.1) is 0 Å². The summed E-state index contributed by atoms with van der Waals surface area (Å²) < 4.78 is 12.6. The monoisotopic (exact) mass is 497 g/mol. The summed E-state index contributed by atoms with van der Waals surface area (Å²) in [7, 11) is 0. The Balaban J connectivity index is 1.79. The van der Waals surface area contributed by atoms with Gasteiger partial charge in [-0.25, -0.2) is 0 Å². The molecule has 2 heterocycles. The molecule has 11 nitrogen and oxygen atoms in total. The van der Waals surface area contributed by atoms with Gasteiger partial charge in [-0.1, -0.05) is 32.0 Å². The highest BCUT2D eigenvalue weighted by molar-refractivity contribution is 5.89. The van der Waals surface area contributed by atoms with E-state index in [0.29, 0.717) is 11.1 Å². The molecule has 1 fully saturated rings. The van der Waals surface area contributed by atoms with E-state index >= 15 is 0 Å². The highest BCUT2D eigenvalue weighted by Gasteiger charge is 2.45. The fourth-order valence-corrected chi connectivity index (χ4v) is 4.25. The van der Waals surface area contributed by atoms with Gasteiger partial charge >= 0.3 is 0 Å². The Morgan fingerprint density at radius 2 is 1.66 bits per heavy atom. The normalized spacial score (nSPS) is 28.7. The molecule has 196 valence electrons. The van der Waals surface area contributed by atoms with E-state index in [0.717, 1.165) is 5.39 Å². The number of rotatable bonds is 10. The fraction of sp³-hybridized carbons (Fsp3) is 0.625. The molecular formula is C24H35NO10. The maximum absolute atomic E-state index is 11.7. The molecule has 0 radical (unpaired) electrons. The standard InChI is InChI=1S/C24H35NO10/c1-11(2)17(27)19(29)22(32)24(33)34-10-16-18(28)20(30)21(31)23(35-16)25-9-13(8-12(3)26)14-6-4-5-7-15(14)25/h4-7,9,11,16-24,27-33H,8,10H2,1-3H3/t16?,17?,18?,19-,20-,21?,22?,23?,24?/m0/s1. The lowest BCUT2D eigenvalue weighted by molar-refractivity contribution is -0.272. The molecule has 11 heteroatoms. The summed E-state index contributed by atoms with van der Waals surface area (Å²) in [5.41, 5.74) is 1.34. The molecule has 1 saturated heterocycles. The molecule has 1 aromatic carbocycles. The summed E-state index contributed by atoms with van der Waals surface area (Å²) in [6.07, 6.45) is -12.1. The topological polar surface area (TPSA) is 182 Å². The number of fused-ring (bicyclic) bond motifs is 1. The van der Waals surface area contributed by atoms with Crippen molar-refractivity contribution in [1.29, 1.82) is 0 Å². The second-order valence-corrected chi connectivity index (χ2v) is 9.43. The molecule has 3 rings (SSSR count). The average molecular weight is 498 g/mol. The van der Waals surface area contributed by atoms with Crippen LogP contribution in [-0.2, 0) is 20.7 Å². The first kappa shape index (κ1) is 27.7. The average Bonchev–Trinajstić information content (AvgIpc) is 3.18. The van der Waals surface area contributed by atoms with Crippen molar-refractivity contribution in [3.8, 4) is 0 Å². The van der Waals surface area contributed by atoms with Crippen molar-refractivity contribution in [1.82, 2.24) is 4.57 Å². The summed E-state index contributed by atoms with van der Waals surface area (Å²) in [6, 6.07) is 7.16. The van der Waals surface area contributed by atoms with Crippen LogP contribution in [0.3, 0.4) is 0 Å². The fourth-order valence-electron chi connectivity index (χ4n) is 4.25. The predicted octanol–water partition coefficient (Wildman–Crippen LogP) is -1.17. The van der Waals surface area contributed by atoms with Gasteiger partial charge in [0.25, 0.3) is 0 Å². The van der Waals surface area contributed by atoms with E-state index in [1.54, 1.807) is 42.8 Å². The third kappa shape index (κ3) is 5.91. The van der Waals surface area contributed by atoms with Crippen LogP contribution in [-0.4, -0.2) is 102 Å². The number of nitrogens with zero attached hydrogens (tertiary/aromatic N) is 1. The highest BCUT2D eigenvalue weighted by atomic mass is 16.6. The van der Waals surface area contributed by atoms with Crippen molar-refractivity contribution in [2.45, 2.75) is 82.4 Å². The van der Waals surface area contributed by atoms with Crippen LogP contribution in [0.2, 0.25) is 0 Å². The molecule has 0 bridgehead atoms. The minimum Gasteiger partial charge on any atom is -0.390 e. The number of ketones is 1. The molecule has 1 aromatic heterocycles. The number of aliphatic hydroxyl groups excluding tert-OH is 7. The molecule has 0 saturated carbocycles. The zero-order valence-electron chi connectivity index (χ0n) is 19.9.